The number of benzene rings is 2. The zero-order chi connectivity index (χ0) is 27.2. The van der Waals surface area contributed by atoms with Gasteiger partial charge in [0, 0.05) is 34.3 Å². The summed E-state index contributed by atoms with van der Waals surface area (Å²) in [5.41, 5.74) is 0.982. The second-order valence-corrected chi connectivity index (χ2v) is 15.4. The van der Waals surface area contributed by atoms with Crippen molar-refractivity contribution in [3.05, 3.63) is 58.6 Å². The molecule has 3 aliphatic rings. The van der Waals surface area contributed by atoms with E-state index in [9.17, 15) is 14.7 Å². The lowest BCUT2D eigenvalue weighted by Crippen LogP contribution is -2.45. The summed E-state index contributed by atoms with van der Waals surface area (Å²) in [5, 5.41) is 16.3. The largest absolute Gasteiger partial charge is 0.396 e. The molecule has 0 unspecified atom stereocenters. The smallest absolute Gasteiger partial charge is 0.264 e. The Morgan fingerprint density at radius 2 is 2.11 bits per heavy atom. The summed E-state index contributed by atoms with van der Waals surface area (Å²) in [6.07, 6.45) is 1.48. The summed E-state index contributed by atoms with van der Waals surface area (Å²) in [6, 6.07) is 12.6. The van der Waals surface area contributed by atoms with Crippen LogP contribution in [0.5, 0.6) is 0 Å². The maximum Gasteiger partial charge on any atom is 0.264 e. The number of fused-ring (bicyclic) bond motifs is 2. The fraction of sp³-hybridized carbons (Fsp3) is 0.500. The van der Waals surface area contributed by atoms with E-state index in [-0.39, 0.29) is 37.4 Å². The molecule has 2 aromatic carbocycles. The van der Waals surface area contributed by atoms with Crippen molar-refractivity contribution in [2.24, 2.45) is 5.92 Å². The molecule has 1 spiro atoms. The highest BCUT2D eigenvalue weighted by Crippen LogP contribution is 2.60. The Kier molecular flexibility index (Phi) is 7.43. The lowest BCUT2D eigenvalue weighted by molar-refractivity contribution is -0.146. The van der Waals surface area contributed by atoms with Crippen LogP contribution in [0.2, 0.25) is 23.7 Å². The van der Waals surface area contributed by atoms with E-state index in [1.807, 2.05) is 37.3 Å². The molecule has 3 N–H and O–H groups in total. The highest BCUT2D eigenvalue weighted by molar-refractivity contribution is 6.72. The summed E-state index contributed by atoms with van der Waals surface area (Å²) >= 11 is 6.40. The van der Waals surface area contributed by atoms with E-state index in [0.717, 1.165) is 24.9 Å². The van der Waals surface area contributed by atoms with Crippen molar-refractivity contribution < 1.29 is 23.5 Å². The monoisotopic (exact) mass is 559 g/mol. The van der Waals surface area contributed by atoms with Crippen LogP contribution in [-0.2, 0) is 26.5 Å². The fourth-order valence-electron chi connectivity index (χ4n) is 6.64. The normalized spacial score (nSPS) is 28.8. The molecule has 0 saturated carbocycles. The number of rotatable bonds is 7. The second kappa shape index (κ2) is 10.4. The van der Waals surface area contributed by atoms with Crippen LogP contribution in [0.15, 0.2) is 42.5 Å². The minimum Gasteiger partial charge on any atom is -0.396 e. The second-order valence-electron chi connectivity index (χ2n) is 11.2. The Bertz CT molecular complexity index is 1230. The molecule has 3 aliphatic heterocycles. The predicted octanol–water partition coefficient (Wildman–Crippen LogP) is 4.73. The topological polar surface area (TPSA) is 90.9 Å². The number of anilines is 2. The number of carbonyl (C=O) groups excluding carboxylic acids is 2. The van der Waals surface area contributed by atoms with Gasteiger partial charge < -0.3 is 29.5 Å². The molecule has 3 heterocycles. The van der Waals surface area contributed by atoms with Gasteiger partial charge in [0.05, 0.1) is 24.4 Å². The number of carbonyl (C=O) groups is 2. The Labute approximate surface area is 228 Å². The standard InChI is InChI=1S/C28H35ClFN3O4Si/c1-17-25(38(2,3)30)24(11-13-34)37-28(17)21-15-19(29)9-10-23(21)33(27(28)36)16-18-6-4-7-20(14-18)32-26(35)22-8-5-12-31-22/h4,6-7,9-10,14-15,17,22,24-25,31,34H,5,8,11-13,16H2,1-3H3,(H,32,35)/t17-,22+,24+,25-,28+/m0/s1. The van der Waals surface area contributed by atoms with Gasteiger partial charge in [0.1, 0.15) is 0 Å². The number of hydrogen-bond donors (Lipinski definition) is 3. The molecule has 0 aliphatic carbocycles. The van der Waals surface area contributed by atoms with E-state index in [1.54, 1.807) is 30.1 Å². The highest BCUT2D eigenvalue weighted by atomic mass is 35.5. The third-order valence-electron chi connectivity index (χ3n) is 8.25. The molecule has 2 saturated heterocycles. The van der Waals surface area contributed by atoms with Gasteiger partial charge in [-0.05, 0) is 74.8 Å². The van der Waals surface area contributed by atoms with Crippen molar-refractivity contribution in [3.8, 4) is 0 Å². The SMILES string of the molecule is C[C@H]1[C@H]([Si](C)(C)F)[C@@H](CCO)O[C@]12C(=O)N(Cc1cccc(NC(=O)[C@H]3CCCN3)c1)c1ccc(Cl)cc12. The first-order valence-electron chi connectivity index (χ1n) is 13.3. The van der Waals surface area contributed by atoms with E-state index in [2.05, 4.69) is 10.6 Å². The molecular formula is C28H35ClFN3O4Si. The summed E-state index contributed by atoms with van der Waals surface area (Å²) < 4.78 is 22.1. The molecule has 7 nitrogen and oxygen atoms in total. The number of ether oxygens (including phenoxy) is 1. The van der Waals surface area contributed by atoms with Crippen molar-refractivity contribution in [2.45, 2.75) is 69.1 Å². The van der Waals surface area contributed by atoms with Crippen molar-refractivity contribution >= 4 is 43.2 Å². The van der Waals surface area contributed by atoms with Gasteiger partial charge in [0.2, 0.25) is 14.3 Å². The summed E-state index contributed by atoms with van der Waals surface area (Å²) in [7, 11) is -3.26. The summed E-state index contributed by atoms with van der Waals surface area (Å²) in [5.74, 6) is -0.761. The lowest BCUT2D eigenvalue weighted by atomic mass is 9.82. The first-order chi connectivity index (χ1) is 18.1. The molecule has 2 fully saturated rings. The zero-order valence-corrected chi connectivity index (χ0v) is 23.7. The highest BCUT2D eigenvalue weighted by Gasteiger charge is 2.66. The van der Waals surface area contributed by atoms with Crippen LogP contribution < -0.4 is 15.5 Å². The molecule has 2 aromatic rings. The number of aliphatic hydroxyl groups is 1. The van der Waals surface area contributed by atoms with Crippen LogP contribution in [0.4, 0.5) is 15.5 Å². The predicted molar refractivity (Wildman–Crippen MR) is 148 cm³/mol. The Hall–Kier alpha value is -2.30. The average molecular weight is 560 g/mol. The molecule has 0 radical (unpaired) electrons. The number of nitrogens with zero attached hydrogens (tertiary/aromatic N) is 1. The number of amides is 2. The third-order valence-corrected chi connectivity index (χ3v) is 10.9. The maximum absolute atomic E-state index is 15.6. The van der Waals surface area contributed by atoms with Crippen molar-refractivity contribution in [3.63, 3.8) is 0 Å². The summed E-state index contributed by atoms with van der Waals surface area (Å²) in [4.78, 5) is 28.6. The first kappa shape index (κ1) is 27.3. The fourth-order valence-corrected chi connectivity index (χ4v) is 9.36. The van der Waals surface area contributed by atoms with E-state index < -0.39 is 31.6 Å². The van der Waals surface area contributed by atoms with Crippen LogP contribution >= 0.6 is 11.6 Å². The molecule has 38 heavy (non-hydrogen) atoms. The van der Waals surface area contributed by atoms with Crippen molar-refractivity contribution in [1.29, 1.82) is 0 Å². The third kappa shape index (κ3) is 4.68. The van der Waals surface area contributed by atoms with Gasteiger partial charge in [-0.25, -0.2) is 0 Å². The van der Waals surface area contributed by atoms with Crippen LogP contribution in [0.25, 0.3) is 0 Å². The lowest BCUT2D eigenvalue weighted by Gasteiger charge is -2.31. The minimum atomic E-state index is -3.26. The van der Waals surface area contributed by atoms with Gasteiger partial charge in [-0.2, -0.15) is 0 Å². The van der Waals surface area contributed by atoms with Crippen LogP contribution in [0, 0.1) is 5.92 Å². The molecule has 2 amide bonds. The number of aliphatic hydroxyl groups excluding tert-OH is 1. The molecule has 5 atom stereocenters. The first-order valence-corrected chi connectivity index (χ1v) is 16.6. The zero-order valence-electron chi connectivity index (χ0n) is 22.0. The number of hydrogen-bond acceptors (Lipinski definition) is 5. The molecule has 0 aromatic heterocycles. The van der Waals surface area contributed by atoms with Gasteiger partial charge in [-0.1, -0.05) is 30.7 Å². The van der Waals surface area contributed by atoms with E-state index >= 15 is 4.11 Å². The Balaban J connectivity index is 1.47. The van der Waals surface area contributed by atoms with Crippen LogP contribution in [0.3, 0.4) is 0 Å². The molecular weight excluding hydrogens is 525 g/mol. The van der Waals surface area contributed by atoms with Gasteiger partial charge in [-0.15, -0.1) is 0 Å². The van der Waals surface area contributed by atoms with Crippen molar-refractivity contribution in [1.82, 2.24) is 5.32 Å². The van der Waals surface area contributed by atoms with E-state index in [0.29, 0.717) is 22.0 Å². The molecule has 10 heteroatoms. The van der Waals surface area contributed by atoms with E-state index in [4.69, 9.17) is 16.3 Å². The average Bonchev–Trinajstić information content (AvgIpc) is 3.54. The molecule has 0 bridgehead atoms. The van der Waals surface area contributed by atoms with Gasteiger partial charge in [0.15, 0.2) is 5.60 Å². The Morgan fingerprint density at radius 3 is 2.79 bits per heavy atom. The number of nitrogens with one attached hydrogen (secondary N) is 2. The molecule has 204 valence electrons. The Morgan fingerprint density at radius 1 is 1.32 bits per heavy atom. The summed E-state index contributed by atoms with van der Waals surface area (Å²) in [6.45, 7) is 6.10. The minimum absolute atomic E-state index is 0.0667. The molecule has 5 rings (SSSR count). The number of halogens is 2. The van der Waals surface area contributed by atoms with Gasteiger partial charge in [0.25, 0.3) is 5.91 Å². The quantitative estimate of drug-likeness (QED) is 0.337. The van der Waals surface area contributed by atoms with Crippen LogP contribution in [0.1, 0.15) is 37.3 Å². The van der Waals surface area contributed by atoms with Crippen molar-refractivity contribution in [2.75, 3.05) is 23.4 Å². The van der Waals surface area contributed by atoms with Gasteiger partial charge >= 0.3 is 0 Å². The van der Waals surface area contributed by atoms with Crippen LogP contribution in [-0.4, -0.2) is 50.6 Å². The maximum atomic E-state index is 15.6. The van der Waals surface area contributed by atoms with E-state index in [1.165, 1.54) is 0 Å². The van der Waals surface area contributed by atoms with Gasteiger partial charge in [-0.3, -0.25) is 9.59 Å².